The topological polar surface area (TPSA) is 100 Å². The average molecular weight is 503 g/mol. The monoisotopic (exact) mass is 502 g/mol. The number of carbonyl (C=O) groups is 2. The Kier molecular flexibility index (Phi) is 9.21. The molecule has 4 rings (SSSR count). The molecule has 1 aromatic carbocycles. The quantitative estimate of drug-likeness (QED) is 0.502. The Morgan fingerprint density at radius 1 is 1.17 bits per heavy atom. The summed E-state index contributed by atoms with van der Waals surface area (Å²) in [5.41, 5.74) is 6.91. The summed E-state index contributed by atoms with van der Waals surface area (Å²) in [6.45, 7) is 5.03. The molecule has 1 aliphatic carbocycles. The lowest BCUT2D eigenvalue weighted by molar-refractivity contribution is -0.140. The second-order valence-electron chi connectivity index (χ2n) is 10.0. The minimum Gasteiger partial charge on any atom is -0.383 e. The number of likely N-dealkylation sites (tertiary alicyclic amines) is 1. The van der Waals surface area contributed by atoms with E-state index in [1.165, 1.54) is 6.42 Å². The predicted octanol–water partition coefficient (Wildman–Crippen LogP) is 4.18. The fraction of sp³-hybridized carbons (Fsp3) is 0.593. The third kappa shape index (κ3) is 6.85. The number of fused-ring (bicyclic) bond motifs is 1. The van der Waals surface area contributed by atoms with E-state index in [1.54, 1.807) is 11.1 Å². The highest BCUT2D eigenvalue weighted by atomic mass is 35.5. The Morgan fingerprint density at radius 2 is 1.94 bits per heavy atom. The smallest absolute Gasteiger partial charge is 0.243 e. The average Bonchev–Trinajstić information content (AvgIpc) is 3.32. The molecule has 4 N–H and O–H groups in total. The van der Waals surface area contributed by atoms with Gasteiger partial charge in [-0.2, -0.15) is 0 Å². The highest BCUT2D eigenvalue weighted by molar-refractivity contribution is 5.92. The molecule has 2 fully saturated rings. The van der Waals surface area contributed by atoms with Gasteiger partial charge in [0.15, 0.2) is 0 Å². The molecular weight excluding hydrogens is 462 g/mol. The van der Waals surface area contributed by atoms with E-state index in [9.17, 15) is 9.59 Å². The maximum Gasteiger partial charge on any atom is 0.243 e. The number of nitrogen functional groups attached to an aromatic ring is 1. The summed E-state index contributed by atoms with van der Waals surface area (Å²) >= 11 is 0. The third-order valence-corrected chi connectivity index (χ3v) is 7.05. The Balaban J connectivity index is 0.00000361. The van der Waals surface area contributed by atoms with Crippen molar-refractivity contribution in [2.75, 3.05) is 12.3 Å². The van der Waals surface area contributed by atoms with Crippen LogP contribution in [0.4, 0.5) is 5.82 Å². The first-order valence-electron chi connectivity index (χ1n) is 13.2. The van der Waals surface area contributed by atoms with Gasteiger partial charge in [0.2, 0.25) is 11.8 Å². The Labute approximate surface area is 216 Å². The van der Waals surface area contributed by atoms with Crippen LogP contribution in [0.3, 0.4) is 0 Å². The normalized spacial score (nSPS) is 20.8. The van der Waals surface area contributed by atoms with E-state index >= 15 is 0 Å². The van der Waals surface area contributed by atoms with Crippen LogP contribution in [0.5, 0.6) is 0 Å². The van der Waals surface area contributed by atoms with Crippen LogP contribution >= 0.6 is 12.4 Å². The maximum absolute atomic E-state index is 13.6. The predicted molar refractivity (Wildman–Crippen MR) is 143 cm³/mol. The first-order chi connectivity index (χ1) is 16.8. The molecule has 192 valence electrons. The van der Waals surface area contributed by atoms with Crippen LogP contribution in [0.1, 0.15) is 72.1 Å². The van der Waals surface area contributed by atoms with Gasteiger partial charge in [0, 0.05) is 32.1 Å². The minimum atomic E-state index is -0.563. The molecule has 35 heavy (non-hydrogen) atoms. The van der Waals surface area contributed by atoms with Crippen LogP contribution in [0.2, 0.25) is 0 Å². The second kappa shape index (κ2) is 12.5. The number of nitrogens with zero attached hydrogens (tertiary/aromatic N) is 2. The highest BCUT2D eigenvalue weighted by Crippen LogP contribution is 2.29. The molecule has 8 heteroatoms. The van der Waals surface area contributed by atoms with E-state index in [1.807, 2.05) is 38.1 Å². The molecule has 1 saturated heterocycles. The molecule has 1 aromatic heterocycles. The fourth-order valence-corrected chi connectivity index (χ4v) is 5.34. The van der Waals surface area contributed by atoms with Gasteiger partial charge in [-0.15, -0.1) is 12.4 Å². The standard InChI is InChI=1S/C27H39N5O2.ClH/c1-18(2)31-23(16-19-7-4-3-5-8-19)27(34)32-14-6-9-24(32)26(33)30-17-20-10-11-22-21(15-20)12-13-29-25(22)28;/h10-13,15,18-19,23-24,31H,3-9,14,16-17H2,1-2H3,(H2,28,29)(H,30,33);1H/t23-,24-;/m0./s1/i19D;. The van der Waals surface area contributed by atoms with Gasteiger partial charge in [0.05, 0.1) is 6.04 Å². The lowest BCUT2D eigenvalue weighted by atomic mass is 9.84. The number of benzene rings is 1. The van der Waals surface area contributed by atoms with Crippen LogP contribution in [-0.4, -0.2) is 46.4 Å². The summed E-state index contributed by atoms with van der Waals surface area (Å²) in [5, 5.41) is 8.32. The van der Waals surface area contributed by atoms with Gasteiger partial charge in [-0.1, -0.05) is 58.1 Å². The van der Waals surface area contributed by atoms with E-state index in [4.69, 9.17) is 7.10 Å². The van der Waals surface area contributed by atoms with E-state index < -0.39 is 18.0 Å². The maximum atomic E-state index is 13.6. The van der Waals surface area contributed by atoms with E-state index in [2.05, 4.69) is 15.6 Å². The summed E-state index contributed by atoms with van der Waals surface area (Å²) in [6.07, 6.45) is 8.62. The number of hydrogen-bond acceptors (Lipinski definition) is 5. The van der Waals surface area contributed by atoms with Crippen LogP contribution in [0, 0.1) is 5.89 Å². The first kappa shape index (κ1) is 25.7. The largest absolute Gasteiger partial charge is 0.383 e. The molecule has 0 radical (unpaired) electrons. The summed E-state index contributed by atoms with van der Waals surface area (Å²) in [5.74, 6) is -0.230. The number of nitrogens with two attached hydrogens (primary N) is 1. The zero-order valence-electron chi connectivity index (χ0n) is 21.9. The van der Waals surface area contributed by atoms with Crippen molar-refractivity contribution in [3.05, 3.63) is 36.0 Å². The SMILES string of the molecule is Cl.[2H]C1(C[C@H](NC(C)C)C(=O)N2CCC[C@H]2C(=O)NCc2ccc3c(N)nccc3c2)CCCCC1. The van der Waals surface area contributed by atoms with E-state index in [-0.39, 0.29) is 30.3 Å². The van der Waals surface area contributed by atoms with Crippen molar-refractivity contribution >= 4 is 40.8 Å². The van der Waals surface area contributed by atoms with Gasteiger partial charge in [-0.3, -0.25) is 9.59 Å². The van der Waals surface area contributed by atoms with E-state index in [0.29, 0.717) is 31.7 Å². The number of halogens is 1. The van der Waals surface area contributed by atoms with Crippen molar-refractivity contribution in [2.24, 2.45) is 5.89 Å². The highest BCUT2D eigenvalue weighted by Gasteiger charge is 2.38. The molecule has 0 spiro atoms. The number of nitrogens with one attached hydrogen (secondary N) is 2. The number of hydrogen-bond donors (Lipinski definition) is 3. The molecule has 1 saturated carbocycles. The third-order valence-electron chi connectivity index (χ3n) is 7.05. The second-order valence-corrected chi connectivity index (χ2v) is 10.0. The van der Waals surface area contributed by atoms with Crippen LogP contribution < -0.4 is 16.4 Å². The van der Waals surface area contributed by atoms with Crippen LogP contribution in [0.15, 0.2) is 30.5 Å². The zero-order valence-corrected chi connectivity index (χ0v) is 21.7. The first-order valence-corrected chi connectivity index (χ1v) is 12.7. The molecular formula is C27H40ClN5O2. The van der Waals surface area contributed by atoms with Crippen molar-refractivity contribution in [2.45, 2.75) is 89.9 Å². The molecule has 0 bridgehead atoms. The Morgan fingerprint density at radius 3 is 2.69 bits per heavy atom. The number of amides is 2. The lowest BCUT2D eigenvalue weighted by Gasteiger charge is -2.32. The molecule has 1 aliphatic heterocycles. The van der Waals surface area contributed by atoms with Gasteiger partial charge >= 0.3 is 0 Å². The van der Waals surface area contributed by atoms with Crippen LogP contribution in [0.25, 0.3) is 10.8 Å². The van der Waals surface area contributed by atoms with Crippen molar-refractivity contribution in [3.63, 3.8) is 0 Å². The number of anilines is 1. The van der Waals surface area contributed by atoms with Gasteiger partial charge < -0.3 is 21.3 Å². The number of pyridine rings is 1. The number of aromatic nitrogens is 1. The molecule has 2 amide bonds. The summed E-state index contributed by atoms with van der Waals surface area (Å²) in [7, 11) is 0. The van der Waals surface area contributed by atoms with Gasteiger partial charge in [-0.05, 0) is 48.2 Å². The Hall–Kier alpha value is -2.38. The Bertz CT molecular complexity index is 1060. The lowest BCUT2D eigenvalue weighted by Crippen LogP contribution is -2.54. The van der Waals surface area contributed by atoms with E-state index in [0.717, 1.165) is 48.4 Å². The molecule has 7 nitrogen and oxygen atoms in total. The molecule has 2 aliphatic rings. The summed E-state index contributed by atoms with van der Waals surface area (Å²) in [4.78, 5) is 32.7. The summed E-state index contributed by atoms with van der Waals surface area (Å²) in [6, 6.07) is 7.01. The van der Waals surface area contributed by atoms with Crippen molar-refractivity contribution < 1.29 is 11.0 Å². The van der Waals surface area contributed by atoms with Crippen molar-refractivity contribution in [1.29, 1.82) is 0 Å². The van der Waals surface area contributed by atoms with Gasteiger partial charge in [0.25, 0.3) is 0 Å². The minimum absolute atomic E-state index is 0. The molecule has 2 aromatic rings. The summed E-state index contributed by atoms with van der Waals surface area (Å²) < 4.78 is 8.92. The molecule has 2 heterocycles. The van der Waals surface area contributed by atoms with Crippen molar-refractivity contribution in [1.82, 2.24) is 20.5 Å². The van der Waals surface area contributed by atoms with Gasteiger partial charge in [-0.25, -0.2) is 4.98 Å². The molecule has 2 atom stereocenters. The van der Waals surface area contributed by atoms with Gasteiger partial charge in [0.1, 0.15) is 11.9 Å². The van der Waals surface area contributed by atoms with Crippen LogP contribution in [-0.2, 0) is 16.1 Å². The number of rotatable bonds is 8. The number of carbonyl (C=O) groups excluding carboxylic acids is 2. The zero-order chi connectivity index (χ0) is 25.0. The van der Waals surface area contributed by atoms with Crippen molar-refractivity contribution in [3.8, 4) is 0 Å². The molecule has 0 unspecified atom stereocenters. The fourth-order valence-electron chi connectivity index (χ4n) is 5.34.